The van der Waals surface area contributed by atoms with Crippen molar-refractivity contribution in [1.82, 2.24) is 7.96 Å². The second-order valence-electron chi connectivity index (χ2n) is 1.87. The molecule has 0 fully saturated rings. The molecule has 2 aromatic rings. The van der Waals surface area contributed by atoms with E-state index < -0.39 is 0 Å². The van der Waals surface area contributed by atoms with Crippen molar-refractivity contribution in [2.45, 2.75) is 0 Å². The zero-order valence-electron chi connectivity index (χ0n) is 4.91. The van der Waals surface area contributed by atoms with E-state index in [0.29, 0.717) is 0 Å². The number of hydrogen-bond acceptors (Lipinski definition) is 2. The van der Waals surface area contributed by atoms with Crippen molar-refractivity contribution in [3.05, 3.63) is 22.7 Å². The Bertz CT molecular complexity index is 357. The van der Waals surface area contributed by atoms with Crippen molar-refractivity contribution in [2.24, 2.45) is 0 Å². The summed E-state index contributed by atoms with van der Waals surface area (Å²) in [5.41, 5.74) is 2.04. The third-order valence-electron chi connectivity index (χ3n) is 1.24. The summed E-state index contributed by atoms with van der Waals surface area (Å²) in [5.74, 6) is 0. The zero-order valence-corrected chi connectivity index (χ0v) is 8.21. The second-order valence-corrected chi connectivity index (χ2v) is 3.83. The molecule has 0 bridgehead atoms. The first-order chi connectivity index (χ1) is 4.88. The summed E-state index contributed by atoms with van der Waals surface area (Å²) in [6.45, 7) is 0. The summed E-state index contributed by atoms with van der Waals surface area (Å²) < 4.78 is 9.52. The number of rotatable bonds is 0. The maximum atomic E-state index is 4.25. The van der Waals surface area contributed by atoms with Gasteiger partial charge >= 0.3 is 72.6 Å². The van der Waals surface area contributed by atoms with Crippen LogP contribution < -0.4 is 0 Å². The minimum absolute atomic E-state index is 0.0895. The molecule has 0 saturated carbocycles. The van der Waals surface area contributed by atoms with Crippen LogP contribution in [0.4, 0.5) is 0 Å². The van der Waals surface area contributed by atoms with Gasteiger partial charge in [-0.25, -0.2) is 0 Å². The van der Waals surface area contributed by atoms with E-state index in [1.807, 2.05) is 18.2 Å². The molecule has 0 radical (unpaired) electrons. The quantitative estimate of drug-likeness (QED) is 0.671. The predicted molar refractivity (Wildman–Crippen MR) is 44.2 cm³/mol. The van der Waals surface area contributed by atoms with E-state index >= 15 is 0 Å². The van der Waals surface area contributed by atoms with Gasteiger partial charge in [0.2, 0.25) is 0 Å². The van der Waals surface area contributed by atoms with Gasteiger partial charge in [0, 0.05) is 0 Å². The van der Waals surface area contributed by atoms with Gasteiger partial charge in [-0.05, 0) is 0 Å². The summed E-state index contributed by atoms with van der Waals surface area (Å²) in [6.07, 6.45) is 0. The number of halogens is 1. The third kappa shape index (κ3) is 0.926. The molecule has 4 heteroatoms. The van der Waals surface area contributed by atoms with E-state index in [4.69, 9.17) is 0 Å². The van der Waals surface area contributed by atoms with Gasteiger partial charge in [-0.1, -0.05) is 0 Å². The normalized spacial score (nSPS) is 10.5. The molecular weight excluding hydrogens is 259 g/mol. The van der Waals surface area contributed by atoms with Crippen LogP contribution in [-0.4, -0.2) is 22.9 Å². The Morgan fingerprint density at radius 1 is 1.30 bits per heavy atom. The van der Waals surface area contributed by atoms with Crippen LogP contribution in [-0.2, 0) is 0 Å². The number of fused-ring (bicyclic) bond motifs is 1. The fourth-order valence-corrected chi connectivity index (χ4v) is 2.63. The summed E-state index contributed by atoms with van der Waals surface area (Å²) in [7, 11) is 0. The second kappa shape index (κ2) is 2.46. The van der Waals surface area contributed by atoms with Crippen LogP contribution in [0.3, 0.4) is 0 Å². The van der Waals surface area contributed by atoms with Crippen molar-refractivity contribution >= 4 is 41.9 Å². The number of aromatic nitrogens is 2. The van der Waals surface area contributed by atoms with Gasteiger partial charge in [-0.3, -0.25) is 0 Å². The summed E-state index contributed by atoms with van der Waals surface area (Å²) in [6, 6.07) is 5.95. The van der Waals surface area contributed by atoms with Crippen LogP contribution in [0.2, 0.25) is 0 Å². The Kier molecular flexibility index (Phi) is 1.60. The summed E-state index contributed by atoms with van der Waals surface area (Å²) >= 11 is 3.49. The summed E-state index contributed by atoms with van der Waals surface area (Å²) in [4.78, 5) is 0. The van der Waals surface area contributed by atoms with Crippen LogP contribution in [0, 0.1) is 0 Å². The van der Waals surface area contributed by atoms with Gasteiger partial charge in [0.1, 0.15) is 0 Å². The molecular formula is C6H3BrN2Se. The van der Waals surface area contributed by atoms with Crippen LogP contribution in [0.15, 0.2) is 22.7 Å². The first-order valence-corrected chi connectivity index (χ1v) is 5.07. The first kappa shape index (κ1) is 6.52. The van der Waals surface area contributed by atoms with Gasteiger partial charge < -0.3 is 0 Å². The number of hydrogen-bond donors (Lipinski definition) is 0. The van der Waals surface area contributed by atoms with Gasteiger partial charge in [-0.2, -0.15) is 0 Å². The molecule has 1 aromatic carbocycles. The minimum atomic E-state index is 0.0895. The molecule has 0 spiro atoms. The van der Waals surface area contributed by atoms with E-state index in [0.717, 1.165) is 15.5 Å². The van der Waals surface area contributed by atoms with E-state index in [-0.39, 0.29) is 15.0 Å². The molecule has 2 rings (SSSR count). The van der Waals surface area contributed by atoms with Crippen molar-refractivity contribution in [1.29, 1.82) is 0 Å². The van der Waals surface area contributed by atoms with Crippen LogP contribution in [0.5, 0.6) is 0 Å². The van der Waals surface area contributed by atoms with Gasteiger partial charge in [0.15, 0.2) is 0 Å². The molecule has 0 aliphatic carbocycles. The Morgan fingerprint density at radius 2 is 2.20 bits per heavy atom. The predicted octanol–water partition coefficient (Wildman–Crippen LogP) is 1.45. The average molecular weight is 262 g/mol. The van der Waals surface area contributed by atoms with Crippen LogP contribution in [0.25, 0.3) is 11.0 Å². The van der Waals surface area contributed by atoms with E-state index in [9.17, 15) is 0 Å². The van der Waals surface area contributed by atoms with Crippen LogP contribution in [0.1, 0.15) is 0 Å². The third-order valence-corrected chi connectivity index (χ3v) is 3.02. The standard InChI is InChI=1S/C6H3BrN2Se/c7-4-2-1-3-5-6(4)9-10-8-5/h1-3H. The zero-order chi connectivity index (χ0) is 6.97. The van der Waals surface area contributed by atoms with Crippen molar-refractivity contribution in [3.8, 4) is 0 Å². The molecule has 2 nitrogen and oxygen atoms in total. The molecule has 0 unspecified atom stereocenters. The Morgan fingerprint density at radius 3 is 3.00 bits per heavy atom. The molecule has 1 aromatic heterocycles. The molecule has 0 amide bonds. The fraction of sp³-hybridized carbons (Fsp3) is 0. The van der Waals surface area contributed by atoms with E-state index in [2.05, 4.69) is 23.9 Å². The fourth-order valence-electron chi connectivity index (χ4n) is 0.773. The molecule has 0 N–H and O–H groups in total. The summed E-state index contributed by atoms with van der Waals surface area (Å²) in [5, 5.41) is 0. The van der Waals surface area contributed by atoms with Gasteiger partial charge in [0.25, 0.3) is 0 Å². The average Bonchev–Trinajstić information content (AvgIpc) is 2.36. The van der Waals surface area contributed by atoms with Crippen LogP contribution >= 0.6 is 15.9 Å². The molecule has 0 atom stereocenters. The SMILES string of the molecule is Brc1cccc2n[se]nc12. The maximum absolute atomic E-state index is 4.25. The Labute approximate surface area is 72.6 Å². The van der Waals surface area contributed by atoms with Gasteiger partial charge in [-0.15, -0.1) is 0 Å². The van der Waals surface area contributed by atoms with Crippen molar-refractivity contribution in [3.63, 3.8) is 0 Å². The van der Waals surface area contributed by atoms with Gasteiger partial charge in [0.05, 0.1) is 0 Å². The molecule has 10 heavy (non-hydrogen) atoms. The van der Waals surface area contributed by atoms with Crippen molar-refractivity contribution < 1.29 is 0 Å². The topological polar surface area (TPSA) is 25.8 Å². The molecule has 0 aliphatic rings. The molecule has 50 valence electrons. The number of benzene rings is 1. The monoisotopic (exact) mass is 262 g/mol. The Balaban J connectivity index is 2.95. The molecule has 0 aliphatic heterocycles. The van der Waals surface area contributed by atoms with Crippen molar-refractivity contribution in [2.75, 3.05) is 0 Å². The molecule has 0 saturated heterocycles. The number of nitrogens with zero attached hydrogens (tertiary/aromatic N) is 2. The van der Waals surface area contributed by atoms with E-state index in [1.165, 1.54) is 0 Å². The Hall–Kier alpha value is -0.181. The molecule has 1 heterocycles. The van der Waals surface area contributed by atoms with E-state index in [1.54, 1.807) is 0 Å². The first-order valence-electron chi connectivity index (χ1n) is 2.75.